The lowest BCUT2D eigenvalue weighted by Crippen LogP contribution is -2.35. The second-order valence-electron chi connectivity index (χ2n) is 6.82. The van der Waals surface area contributed by atoms with Gasteiger partial charge in [-0.15, -0.1) is 0 Å². The van der Waals surface area contributed by atoms with Crippen molar-refractivity contribution in [2.75, 3.05) is 6.54 Å². The van der Waals surface area contributed by atoms with Gasteiger partial charge in [0.25, 0.3) is 0 Å². The standard InChI is InChI=1S/C18H28N2/c1-2-14-6-7-15(13-20-17-8-9-17)16(11-14)12-18-5-3-4-10-19-18/h3-5,10,14-17,20H,2,6-9,11-13H2,1H3. The molecule has 2 heteroatoms. The number of aromatic nitrogens is 1. The van der Waals surface area contributed by atoms with E-state index in [1.807, 2.05) is 12.3 Å². The first-order valence-corrected chi connectivity index (χ1v) is 8.48. The SMILES string of the molecule is CCC1CCC(CNC2CC2)C(Cc2ccccn2)C1. The van der Waals surface area contributed by atoms with Gasteiger partial charge in [-0.1, -0.05) is 25.8 Å². The van der Waals surface area contributed by atoms with E-state index >= 15 is 0 Å². The molecule has 1 N–H and O–H groups in total. The van der Waals surface area contributed by atoms with Crippen LogP contribution in [0.5, 0.6) is 0 Å². The van der Waals surface area contributed by atoms with Crippen LogP contribution in [0.2, 0.25) is 0 Å². The molecule has 2 aliphatic carbocycles. The van der Waals surface area contributed by atoms with Crippen LogP contribution in [0, 0.1) is 17.8 Å². The maximum atomic E-state index is 4.55. The van der Waals surface area contributed by atoms with Crippen molar-refractivity contribution >= 4 is 0 Å². The van der Waals surface area contributed by atoms with E-state index in [9.17, 15) is 0 Å². The van der Waals surface area contributed by atoms with Gasteiger partial charge in [0, 0.05) is 17.9 Å². The first kappa shape index (κ1) is 14.1. The molecular weight excluding hydrogens is 244 g/mol. The molecule has 2 saturated carbocycles. The molecule has 110 valence electrons. The van der Waals surface area contributed by atoms with Crippen LogP contribution in [0.1, 0.15) is 51.1 Å². The summed E-state index contributed by atoms with van der Waals surface area (Å²) in [6.07, 6.45) is 11.5. The van der Waals surface area contributed by atoms with Gasteiger partial charge in [-0.25, -0.2) is 0 Å². The van der Waals surface area contributed by atoms with E-state index in [2.05, 4.69) is 29.4 Å². The van der Waals surface area contributed by atoms with Crippen molar-refractivity contribution in [1.29, 1.82) is 0 Å². The van der Waals surface area contributed by atoms with E-state index in [0.29, 0.717) is 0 Å². The van der Waals surface area contributed by atoms with E-state index in [4.69, 9.17) is 0 Å². The van der Waals surface area contributed by atoms with Gasteiger partial charge >= 0.3 is 0 Å². The minimum Gasteiger partial charge on any atom is -0.314 e. The van der Waals surface area contributed by atoms with Gasteiger partial charge in [-0.05, 0) is 68.5 Å². The van der Waals surface area contributed by atoms with Gasteiger partial charge in [0.1, 0.15) is 0 Å². The second-order valence-corrected chi connectivity index (χ2v) is 6.82. The van der Waals surface area contributed by atoms with E-state index in [1.54, 1.807) is 0 Å². The highest BCUT2D eigenvalue weighted by atomic mass is 14.9. The topological polar surface area (TPSA) is 24.9 Å². The van der Waals surface area contributed by atoms with Crippen molar-refractivity contribution < 1.29 is 0 Å². The molecule has 0 aliphatic heterocycles. The Bertz CT molecular complexity index is 399. The molecule has 3 rings (SSSR count). The molecule has 0 saturated heterocycles. The van der Waals surface area contributed by atoms with E-state index in [-0.39, 0.29) is 0 Å². The zero-order chi connectivity index (χ0) is 13.8. The Balaban J connectivity index is 1.60. The monoisotopic (exact) mass is 272 g/mol. The van der Waals surface area contributed by atoms with Gasteiger partial charge in [-0.2, -0.15) is 0 Å². The molecule has 20 heavy (non-hydrogen) atoms. The molecule has 2 aliphatic rings. The Hall–Kier alpha value is -0.890. The Kier molecular flexibility index (Phi) is 4.72. The minimum atomic E-state index is 0.829. The predicted molar refractivity (Wildman–Crippen MR) is 83.6 cm³/mol. The summed E-state index contributed by atoms with van der Waals surface area (Å²) in [5, 5.41) is 3.75. The van der Waals surface area contributed by atoms with Crippen LogP contribution in [-0.4, -0.2) is 17.6 Å². The van der Waals surface area contributed by atoms with Crippen molar-refractivity contribution in [3.8, 4) is 0 Å². The number of hydrogen-bond donors (Lipinski definition) is 1. The maximum absolute atomic E-state index is 4.55. The molecule has 1 aromatic rings. The third-order valence-corrected chi connectivity index (χ3v) is 5.27. The maximum Gasteiger partial charge on any atom is 0.0406 e. The largest absolute Gasteiger partial charge is 0.314 e. The van der Waals surface area contributed by atoms with Crippen LogP contribution in [0.4, 0.5) is 0 Å². The fourth-order valence-electron chi connectivity index (χ4n) is 3.71. The number of nitrogens with zero attached hydrogens (tertiary/aromatic N) is 1. The molecular formula is C18H28N2. The lowest BCUT2D eigenvalue weighted by Gasteiger charge is -2.36. The van der Waals surface area contributed by atoms with Gasteiger partial charge in [-0.3, -0.25) is 4.98 Å². The summed E-state index contributed by atoms with van der Waals surface area (Å²) >= 11 is 0. The zero-order valence-electron chi connectivity index (χ0n) is 12.7. The summed E-state index contributed by atoms with van der Waals surface area (Å²) in [5.41, 5.74) is 1.28. The molecule has 0 aromatic carbocycles. The Morgan fingerprint density at radius 1 is 1.15 bits per heavy atom. The van der Waals surface area contributed by atoms with Crippen molar-refractivity contribution in [2.24, 2.45) is 17.8 Å². The molecule has 0 bridgehead atoms. The first-order valence-electron chi connectivity index (χ1n) is 8.48. The number of hydrogen-bond acceptors (Lipinski definition) is 2. The summed E-state index contributed by atoms with van der Waals surface area (Å²) in [4.78, 5) is 4.55. The molecule has 1 heterocycles. The Labute approximate surface area is 123 Å². The highest BCUT2D eigenvalue weighted by Crippen LogP contribution is 2.37. The Morgan fingerprint density at radius 3 is 2.75 bits per heavy atom. The van der Waals surface area contributed by atoms with E-state index in [1.165, 1.54) is 57.2 Å². The highest BCUT2D eigenvalue weighted by Gasteiger charge is 2.31. The average Bonchev–Trinajstić information content (AvgIpc) is 3.31. The smallest absolute Gasteiger partial charge is 0.0406 e. The third-order valence-electron chi connectivity index (χ3n) is 5.27. The molecule has 0 radical (unpaired) electrons. The minimum absolute atomic E-state index is 0.829. The molecule has 2 fully saturated rings. The summed E-state index contributed by atoms with van der Waals surface area (Å²) in [6.45, 7) is 3.59. The molecule has 1 aromatic heterocycles. The van der Waals surface area contributed by atoms with Crippen molar-refractivity contribution in [3.05, 3.63) is 30.1 Å². The second kappa shape index (κ2) is 6.71. The highest BCUT2D eigenvalue weighted by molar-refractivity contribution is 5.05. The van der Waals surface area contributed by atoms with Gasteiger partial charge in [0.2, 0.25) is 0 Å². The fourth-order valence-corrected chi connectivity index (χ4v) is 3.71. The molecule has 0 spiro atoms. The van der Waals surface area contributed by atoms with Crippen molar-refractivity contribution in [1.82, 2.24) is 10.3 Å². The predicted octanol–water partition coefficient (Wildman–Crippen LogP) is 3.82. The van der Waals surface area contributed by atoms with E-state index in [0.717, 1.165) is 23.8 Å². The summed E-state index contributed by atoms with van der Waals surface area (Å²) in [5.74, 6) is 2.64. The van der Waals surface area contributed by atoms with Gasteiger partial charge in [0.15, 0.2) is 0 Å². The number of rotatable bonds is 6. The van der Waals surface area contributed by atoms with Crippen LogP contribution >= 0.6 is 0 Å². The average molecular weight is 272 g/mol. The normalized spacial score (nSPS) is 30.4. The summed E-state index contributed by atoms with van der Waals surface area (Å²) in [7, 11) is 0. The van der Waals surface area contributed by atoms with Crippen LogP contribution in [0.3, 0.4) is 0 Å². The van der Waals surface area contributed by atoms with Crippen molar-refractivity contribution in [2.45, 2.75) is 57.9 Å². The van der Waals surface area contributed by atoms with Crippen molar-refractivity contribution in [3.63, 3.8) is 0 Å². The summed E-state index contributed by atoms with van der Waals surface area (Å²) in [6, 6.07) is 7.18. The zero-order valence-corrected chi connectivity index (χ0v) is 12.7. The number of nitrogens with one attached hydrogen (secondary N) is 1. The van der Waals surface area contributed by atoms with Crippen LogP contribution in [-0.2, 0) is 6.42 Å². The fraction of sp³-hybridized carbons (Fsp3) is 0.722. The van der Waals surface area contributed by atoms with Gasteiger partial charge in [0.05, 0.1) is 0 Å². The van der Waals surface area contributed by atoms with Crippen LogP contribution in [0.25, 0.3) is 0 Å². The van der Waals surface area contributed by atoms with Crippen LogP contribution < -0.4 is 5.32 Å². The van der Waals surface area contributed by atoms with Gasteiger partial charge < -0.3 is 5.32 Å². The molecule has 3 unspecified atom stereocenters. The Morgan fingerprint density at radius 2 is 2.05 bits per heavy atom. The summed E-state index contributed by atoms with van der Waals surface area (Å²) < 4.78 is 0. The van der Waals surface area contributed by atoms with Crippen LogP contribution in [0.15, 0.2) is 24.4 Å². The molecule has 0 amide bonds. The molecule has 3 atom stereocenters. The third kappa shape index (κ3) is 3.82. The van der Waals surface area contributed by atoms with E-state index < -0.39 is 0 Å². The lowest BCUT2D eigenvalue weighted by molar-refractivity contribution is 0.170. The quantitative estimate of drug-likeness (QED) is 0.851. The first-order chi connectivity index (χ1) is 9.85. The number of pyridine rings is 1. The lowest BCUT2D eigenvalue weighted by atomic mass is 9.71. The molecule has 2 nitrogen and oxygen atoms in total.